The van der Waals surface area contributed by atoms with E-state index in [2.05, 4.69) is 62.4 Å². The van der Waals surface area contributed by atoms with Gasteiger partial charge in [0.25, 0.3) is 0 Å². The van der Waals surface area contributed by atoms with E-state index in [1.807, 2.05) is 0 Å². The van der Waals surface area contributed by atoms with Crippen LogP contribution in [0.3, 0.4) is 0 Å². The average Bonchev–Trinajstić information content (AvgIpc) is 2.49. The zero-order chi connectivity index (χ0) is 16.8. The molecule has 2 fully saturated rings. The fraction of sp³-hybridized carbons (Fsp3) is 0.435. The largest absolute Gasteiger partial charge is 0.298 e. The van der Waals surface area contributed by atoms with Gasteiger partial charge >= 0.3 is 0 Å². The van der Waals surface area contributed by atoms with Crippen molar-refractivity contribution >= 4 is 5.78 Å². The topological polar surface area (TPSA) is 17.1 Å². The maximum Gasteiger partial charge on any atom is 0.153 e. The predicted molar refractivity (Wildman–Crippen MR) is 98.4 cm³/mol. The van der Waals surface area contributed by atoms with E-state index in [1.165, 1.54) is 35.1 Å². The first-order valence-electron chi connectivity index (χ1n) is 9.27. The van der Waals surface area contributed by atoms with Crippen LogP contribution in [0.5, 0.6) is 0 Å². The summed E-state index contributed by atoms with van der Waals surface area (Å²) in [6.45, 7) is 4.31. The third-order valence-electron chi connectivity index (χ3n) is 6.60. The number of ketones is 1. The van der Waals surface area contributed by atoms with Gasteiger partial charge in [0, 0.05) is 0 Å². The number of rotatable bonds is 4. The van der Waals surface area contributed by atoms with Crippen LogP contribution in [-0.4, -0.2) is 5.78 Å². The molecule has 0 aromatic heterocycles. The summed E-state index contributed by atoms with van der Waals surface area (Å²) in [5.74, 6) is 0.496. The molecule has 2 aromatic carbocycles. The van der Waals surface area contributed by atoms with Crippen molar-refractivity contribution in [3.05, 3.63) is 70.8 Å². The van der Waals surface area contributed by atoms with Gasteiger partial charge < -0.3 is 0 Å². The van der Waals surface area contributed by atoms with Crippen LogP contribution >= 0.6 is 0 Å². The van der Waals surface area contributed by atoms with Gasteiger partial charge in [-0.05, 0) is 61.8 Å². The summed E-state index contributed by atoms with van der Waals surface area (Å²) in [6.07, 6.45) is 6.41. The smallest absolute Gasteiger partial charge is 0.153 e. The molecule has 0 N–H and O–H groups in total. The van der Waals surface area contributed by atoms with Crippen molar-refractivity contribution in [3.8, 4) is 0 Å². The standard InChI is InChI=1S/C23H26O/c1-17-9-3-5-11-19(17)22(13-7-14-22)21(24)23(15-8-16-23)20-12-6-4-10-18(20)2/h3-6,9-12H,7-8,13-16H2,1-2H3. The van der Waals surface area contributed by atoms with Crippen molar-refractivity contribution in [1.29, 1.82) is 0 Å². The molecule has 0 heterocycles. The van der Waals surface area contributed by atoms with Crippen molar-refractivity contribution in [2.75, 3.05) is 0 Å². The Balaban J connectivity index is 1.82. The second-order valence-electron chi connectivity index (χ2n) is 7.83. The van der Waals surface area contributed by atoms with Crippen LogP contribution in [0.15, 0.2) is 48.5 Å². The lowest BCUT2D eigenvalue weighted by Gasteiger charge is -2.52. The molecule has 2 saturated carbocycles. The third-order valence-corrected chi connectivity index (χ3v) is 6.60. The van der Waals surface area contributed by atoms with Crippen LogP contribution in [0.25, 0.3) is 0 Å². The summed E-state index contributed by atoms with van der Waals surface area (Å²) in [5, 5.41) is 0. The first-order chi connectivity index (χ1) is 11.6. The molecule has 0 saturated heterocycles. The molecule has 124 valence electrons. The maximum absolute atomic E-state index is 14.0. The summed E-state index contributed by atoms with van der Waals surface area (Å²) in [6, 6.07) is 17.0. The number of hydrogen-bond donors (Lipinski definition) is 0. The van der Waals surface area contributed by atoms with Gasteiger partial charge in [-0.1, -0.05) is 61.4 Å². The highest BCUT2D eigenvalue weighted by atomic mass is 16.1. The molecule has 4 rings (SSSR count). The van der Waals surface area contributed by atoms with E-state index in [4.69, 9.17) is 0 Å². The normalized spacial score (nSPS) is 20.8. The van der Waals surface area contributed by atoms with Crippen molar-refractivity contribution in [1.82, 2.24) is 0 Å². The van der Waals surface area contributed by atoms with Crippen molar-refractivity contribution in [3.63, 3.8) is 0 Å². The fourth-order valence-corrected chi connectivity index (χ4v) is 4.98. The first kappa shape index (κ1) is 15.6. The highest BCUT2D eigenvalue weighted by Gasteiger charge is 2.57. The molecule has 0 atom stereocenters. The lowest BCUT2D eigenvalue weighted by atomic mass is 9.49. The predicted octanol–water partition coefficient (Wildman–Crippen LogP) is 5.42. The molecule has 2 aliphatic rings. The molecule has 0 unspecified atom stereocenters. The van der Waals surface area contributed by atoms with Crippen LogP contribution < -0.4 is 0 Å². The van der Waals surface area contributed by atoms with E-state index >= 15 is 0 Å². The van der Waals surface area contributed by atoms with Gasteiger partial charge in [0.15, 0.2) is 5.78 Å². The van der Waals surface area contributed by atoms with Crippen LogP contribution in [0.1, 0.15) is 60.8 Å². The fourth-order valence-electron chi connectivity index (χ4n) is 4.98. The monoisotopic (exact) mass is 318 g/mol. The highest BCUT2D eigenvalue weighted by molar-refractivity contribution is 6.01. The second-order valence-corrected chi connectivity index (χ2v) is 7.83. The van der Waals surface area contributed by atoms with Gasteiger partial charge in [0.2, 0.25) is 0 Å². The summed E-state index contributed by atoms with van der Waals surface area (Å²) >= 11 is 0. The van der Waals surface area contributed by atoms with E-state index in [-0.39, 0.29) is 10.8 Å². The van der Waals surface area contributed by atoms with Gasteiger partial charge in [-0.2, -0.15) is 0 Å². The summed E-state index contributed by atoms with van der Waals surface area (Å²) in [7, 11) is 0. The zero-order valence-electron chi connectivity index (χ0n) is 14.8. The zero-order valence-corrected chi connectivity index (χ0v) is 14.8. The Kier molecular flexibility index (Phi) is 3.63. The number of carbonyl (C=O) groups excluding carboxylic acids is 1. The maximum atomic E-state index is 14.0. The SMILES string of the molecule is Cc1ccccc1C1(C(=O)C2(c3ccccc3C)CCC2)CCC1. The van der Waals surface area contributed by atoms with E-state index in [0.717, 1.165) is 25.7 Å². The molecule has 0 aliphatic heterocycles. The minimum atomic E-state index is -0.242. The number of Topliss-reactive ketones (excluding diaryl/α,β-unsaturated/α-hetero) is 1. The number of carbonyl (C=O) groups is 1. The van der Waals surface area contributed by atoms with Gasteiger partial charge in [0.1, 0.15) is 0 Å². The van der Waals surface area contributed by atoms with Crippen LogP contribution in [0.2, 0.25) is 0 Å². The summed E-state index contributed by atoms with van der Waals surface area (Å²) < 4.78 is 0. The number of hydrogen-bond acceptors (Lipinski definition) is 1. The first-order valence-corrected chi connectivity index (χ1v) is 9.27. The van der Waals surface area contributed by atoms with Crippen molar-refractivity contribution in [2.24, 2.45) is 0 Å². The molecule has 2 aromatic rings. The van der Waals surface area contributed by atoms with E-state index in [1.54, 1.807) is 0 Å². The van der Waals surface area contributed by atoms with E-state index in [0.29, 0.717) is 5.78 Å². The Morgan fingerprint density at radius 1 is 0.708 bits per heavy atom. The van der Waals surface area contributed by atoms with Crippen molar-refractivity contribution in [2.45, 2.75) is 63.2 Å². The molecule has 24 heavy (non-hydrogen) atoms. The van der Waals surface area contributed by atoms with Crippen LogP contribution in [0, 0.1) is 13.8 Å². The lowest BCUT2D eigenvalue weighted by molar-refractivity contribution is -0.137. The minimum Gasteiger partial charge on any atom is -0.298 e. The molecule has 0 bridgehead atoms. The summed E-state index contributed by atoms with van der Waals surface area (Å²) in [4.78, 5) is 14.0. The Labute approximate surface area is 145 Å². The third kappa shape index (κ3) is 2.03. The van der Waals surface area contributed by atoms with E-state index < -0.39 is 0 Å². The van der Waals surface area contributed by atoms with Gasteiger partial charge in [0.05, 0.1) is 10.8 Å². The highest BCUT2D eigenvalue weighted by Crippen LogP contribution is 2.55. The minimum absolute atomic E-state index is 0.242. The molecular weight excluding hydrogens is 292 g/mol. The Bertz CT molecular complexity index is 713. The Morgan fingerprint density at radius 3 is 1.38 bits per heavy atom. The molecule has 0 spiro atoms. The van der Waals surface area contributed by atoms with Crippen molar-refractivity contribution < 1.29 is 4.79 Å². The Morgan fingerprint density at radius 2 is 1.08 bits per heavy atom. The van der Waals surface area contributed by atoms with Crippen LogP contribution in [-0.2, 0) is 15.6 Å². The average molecular weight is 318 g/mol. The number of benzene rings is 2. The molecule has 0 radical (unpaired) electrons. The van der Waals surface area contributed by atoms with Gasteiger partial charge in [-0.3, -0.25) is 4.79 Å². The lowest BCUT2D eigenvalue weighted by Crippen LogP contribution is -2.56. The molecule has 1 heteroatoms. The molecule has 2 aliphatic carbocycles. The summed E-state index contributed by atoms with van der Waals surface area (Å²) in [5.41, 5.74) is 4.61. The number of aryl methyl sites for hydroxylation is 2. The van der Waals surface area contributed by atoms with Gasteiger partial charge in [-0.15, -0.1) is 0 Å². The molecular formula is C23H26O. The second kappa shape index (κ2) is 5.58. The van der Waals surface area contributed by atoms with E-state index in [9.17, 15) is 4.79 Å². The molecule has 1 nitrogen and oxygen atoms in total. The van der Waals surface area contributed by atoms with Crippen LogP contribution in [0.4, 0.5) is 0 Å². The quantitative estimate of drug-likeness (QED) is 0.736. The molecule has 0 amide bonds. The Hall–Kier alpha value is -1.89. The van der Waals surface area contributed by atoms with Gasteiger partial charge in [-0.25, -0.2) is 0 Å².